The molecule has 35 heavy (non-hydrogen) atoms. The number of halogens is 3. The molecular weight excluding hydrogens is 691 g/mol. The maximum atomic E-state index is 13.2. The molecule has 1 fully saturated rings. The second-order valence-electron chi connectivity index (χ2n) is 8.03. The highest BCUT2D eigenvalue weighted by atomic mass is 127. The van der Waals surface area contributed by atoms with Gasteiger partial charge in [0.1, 0.15) is 17.9 Å². The van der Waals surface area contributed by atoms with E-state index >= 15 is 0 Å². The van der Waals surface area contributed by atoms with Crippen LogP contribution in [0.25, 0.3) is 6.08 Å². The number of ether oxygens (including phenoxy) is 1. The van der Waals surface area contributed by atoms with Gasteiger partial charge in [-0.1, -0.05) is 18.2 Å². The number of rotatable bonds is 5. The molecule has 1 aliphatic heterocycles. The first-order chi connectivity index (χ1) is 16.6. The van der Waals surface area contributed by atoms with E-state index in [1.165, 1.54) is 6.08 Å². The number of nitrogens with zero attached hydrogens (tertiary/aromatic N) is 1. The molecule has 0 spiro atoms. The van der Waals surface area contributed by atoms with Gasteiger partial charge in [0.25, 0.3) is 11.8 Å². The Kier molecular flexibility index (Phi) is 7.77. The summed E-state index contributed by atoms with van der Waals surface area (Å²) < 4.78 is 8.42. The lowest BCUT2D eigenvalue weighted by Crippen LogP contribution is -2.54. The SMILES string of the molecule is Cc1cc(C)cc(N2C(=O)NC(=O)/C(=C\c3cc(Br)c(OCc4ccc(I)cc4)c(Br)c3)C2=O)c1. The Morgan fingerprint density at radius 3 is 2.14 bits per heavy atom. The van der Waals surface area contributed by atoms with Crippen molar-refractivity contribution < 1.29 is 19.1 Å². The number of hydrogen-bond acceptors (Lipinski definition) is 4. The molecule has 1 saturated heterocycles. The molecule has 0 bridgehead atoms. The number of aryl methyl sites for hydroxylation is 2. The third-order valence-electron chi connectivity index (χ3n) is 5.19. The fourth-order valence-electron chi connectivity index (χ4n) is 3.68. The molecule has 4 amide bonds. The molecule has 1 heterocycles. The first kappa shape index (κ1) is 25.6. The van der Waals surface area contributed by atoms with E-state index in [1.54, 1.807) is 24.3 Å². The van der Waals surface area contributed by atoms with Crippen molar-refractivity contribution >= 4 is 84.1 Å². The zero-order valence-electron chi connectivity index (χ0n) is 18.7. The minimum atomic E-state index is -0.774. The van der Waals surface area contributed by atoms with Crippen molar-refractivity contribution in [1.29, 1.82) is 0 Å². The summed E-state index contributed by atoms with van der Waals surface area (Å²) in [7, 11) is 0. The molecule has 178 valence electrons. The van der Waals surface area contributed by atoms with Crippen LogP contribution >= 0.6 is 54.5 Å². The van der Waals surface area contributed by atoms with E-state index < -0.39 is 17.8 Å². The van der Waals surface area contributed by atoms with E-state index in [2.05, 4.69) is 59.8 Å². The zero-order valence-corrected chi connectivity index (χ0v) is 24.0. The number of hydrogen-bond donors (Lipinski definition) is 1. The maximum absolute atomic E-state index is 13.2. The van der Waals surface area contributed by atoms with Crippen LogP contribution in [0.5, 0.6) is 5.75 Å². The van der Waals surface area contributed by atoms with Crippen molar-refractivity contribution in [2.45, 2.75) is 20.5 Å². The summed E-state index contributed by atoms with van der Waals surface area (Å²) in [5.41, 5.74) is 3.67. The van der Waals surface area contributed by atoms with Crippen molar-refractivity contribution in [2.75, 3.05) is 4.90 Å². The van der Waals surface area contributed by atoms with Crippen LogP contribution in [0.15, 0.2) is 69.1 Å². The maximum Gasteiger partial charge on any atom is 0.335 e. The fourth-order valence-corrected chi connectivity index (χ4v) is 5.49. The molecule has 0 saturated carbocycles. The van der Waals surface area contributed by atoms with Crippen molar-refractivity contribution in [3.05, 3.63) is 94.9 Å². The highest BCUT2D eigenvalue weighted by Crippen LogP contribution is 2.36. The Morgan fingerprint density at radius 1 is 0.943 bits per heavy atom. The molecule has 1 aliphatic rings. The van der Waals surface area contributed by atoms with Crippen LogP contribution in [0.4, 0.5) is 10.5 Å². The van der Waals surface area contributed by atoms with Gasteiger partial charge in [0.05, 0.1) is 14.6 Å². The van der Waals surface area contributed by atoms with Gasteiger partial charge in [0.15, 0.2) is 0 Å². The molecule has 9 heteroatoms. The Morgan fingerprint density at radius 2 is 1.54 bits per heavy atom. The van der Waals surface area contributed by atoms with Gasteiger partial charge in [-0.25, -0.2) is 9.69 Å². The third kappa shape index (κ3) is 5.84. The van der Waals surface area contributed by atoms with Crippen molar-refractivity contribution in [3.8, 4) is 5.75 Å². The molecule has 1 N–H and O–H groups in total. The summed E-state index contributed by atoms with van der Waals surface area (Å²) in [4.78, 5) is 39.3. The van der Waals surface area contributed by atoms with Gasteiger partial charge in [0, 0.05) is 3.57 Å². The van der Waals surface area contributed by atoms with Gasteiger partial charge in [-0.15, -0.1) is 0 Å². The largest absolute Gasteiger partial charge is 0.487 e. The third-order valence-corrected chi connectivity index (χ3v) is 7.09. The Labute approximate surface area is 233 Å². The Balaban J connectivity index is 1.62. The van der Waals surface area contributed by atoms with E-state index in [4.69, 9.17) is 4.74 Å². The number of anilines is 1. The van der Waals surface area contributed by atoms with Crippen molar-refractivity contribution in [3.63, 3.8) is 0 Å². The predicted octanol–water partition coefficient (Wildman–Crippen LogP) is 6.68. The van der Waals surface area contributed by atoms with Crippen molar-refractivity contribution in [2.24, 2.45) is 0 Å². The van der Waals surface area contributed by atoms with Crippen molar-refractivity contribution in [1.82, 2.24) is 5.32 Å². The molecular formula is C26H19Br2IN2O4. The zero-order chi connectivity index (χ0) is 25.3. The lowest BCUT2D eigenvalue weighted by Gasteiger charge is -2.27. The van der Waals surface area contributed by atoms with E-state index in [0.29, 0.717) is 32.6 Å². The number of barbiturate groups is 1. The molecule has 3 aromatic rings. The second-order valence-corrected chi connectivity index (χ2v) is 11.0. The fraction of sp³-hybridized carbons (Fsp3) is 0.115. The standard InChI is InChI=1S/C26H19Br2IN2O4/c1-14-7-15(2)9-19(8-14)31-25(33)20(24(32)30-26(31)34)10-17-11-21(27)23(22(28)12-17)35-13-16-3-5-18(29)6-4-16/h3-12H,13H2,1-2H3,(H,30,32,34)/b20-10+. The minimum Gasteiger partial charge on any atom is -0.487 e. The number of urea groups is 1. The summed E-state index contributed by atoms with van der Waals surface area (Å²) >= 11 is 9.28. The lowest BCUT2D eigenvalue weighted by atomic mass is 10.1. The van der Waals surface area contributed by atoms with E-state index in [9.17, 15) is 14.4 Å². The number of amides is 4. The number of imide groups is 2. The van der Waals surface area contributed by atoms with Crippen LogP contribution in [0.2, 0.25) is 0 Å². The molecule has 6 nitrogen and oxygen atoms in total. The van der Waals surface area contributed by atoms with E-state index in [-0.39, 0.29) is 5.57 Å². The van der Waals surface area contributed by atoms with Gasteiger partial charge in [-0.2, -0.15) is 0 Å². The average Bonchev–Trinajstić information content (AvgIpc) is 2.76. The second kappa shape index (κ2) is 10.6. The van der Waals surface area contributed by atoms with Gasteiger partial charge in [-0.3, -0.25) is 14.9 Å². The van der Waals surface area contributed by atoms with Gasteiger partial charge < -0.3 is 4.74 Å². The normalized spacial score (nSPS) is 14.9. The molecule has 0 aliphatic carbocycles. The Bertz CT molecular complexity index is 1340. The summed E-state index contributed by atoms with van der Waals surface area (Å²) in [5, 5.41) is 2.26. The van der Waals surface area contributed by atoms with Crippen LogP contribution in [0, 0.1) is 17.4 Å². The van der Waals surface area contributed by atoms with Gasteiger partial charge in [0.2, 0.25) is 0 Å². The van der Waals surface area contributed by atoms with Crippen LogP contribution in [0.3, 0.4) is 0 Å². The molecule has 0 unspecified atom stereocenters. The molecule has 4 rings (SSSR count). The summed E-state index contributed by atoms with van der Waals surface area (Å²) in [6.45, 7) is 4.13. The Hall–Kier alpha value is -2.50. The smallest absolute Gasteiger partial charge is 0.335 e. The highest BCUT2D eigenvalue weighted by Gasteiger charge is 2.37. The lowest BCUT2D eigenvalue weighted by molar-refractivity contribution is -0.122. The topological polar surface area (TPSA) is 75.7 Å². The predicted molar refractivity (Wildman–Crippen MR) is 150 cm³/mol. The van der Waals surface area contributed by atoms with Crippen LogP contribution in [0.1, 0.15) is 22.3 Å². The average molecular weight is 710 g/mol. The first-order valence-electron chi connectivity index (χ1n) is 10.5. The summed E-state index contributed by atoms with van der Waals surface area (Å²) in [6.07, 6.45) is 1.46. The van der Waals surface area contributed by atoms with Crippen LogP contribution in [-0.4, -0.2) is 17.8 Å². The number of benzene rings is 3. The molecule has 0 aromatic heterocycles. The van der Waals surface area contributed by atoms with E-state index in [1.807, 2.05) is 44.2 Å². The van der Waals surface area contributed by atoms with Gasteiger partial charge >= 0.3 is 6.03 Å². The number of carbonyl (C=O) groups is 3. The highest BCUT2D eigenvalue weighted by molar-refractivity contribution is 14.1. The monoisotopic (exact) mass is 708 g/mol. The summed E-state index contributed by atoms with van der Waals surface area (Å²) in [6, 6.07) is 16.1. The van der Waals surface area contributed by atoms with Gasteiger partial charge in [-0.05, 0) is 133 Å². The number of nitrogens with one attached hydrogen (secondary N) is 1. The van der Waals surface area contributed by atoms with Crippen LogP contribution < -0.4 is 15.0 Å². The van der Waals surface area contributed by atoms with E-state index in [0.717, 1.165) is 25.2 Å². The molecule has 0 atom stereocenters. The first-order valence-corrected chi connectivity index (χ1v) is 13.1. The quantitative estimate of drug-likeness (QED) is 0.182. The minimum absolute atomic E-state index is 0.143. The number of carbonyl (C=O) groups excluding carboxylic acids is 3. The molecule has 0 radical (unpaired) electrons. The summed E-state index contributed by atoms with van der Waals surface area (Å²) in [5.74, 6) is -0.834. The molecule has 3 aromatic carbocycles. The van der Waals surface area contributed by atoms with Crippen LogP contribution in [-0.2, 0) is 16.2 Å².